The Bertz CT molecular complexity index is 1220. The Kier molecular flexibility index (Phi) is 5.25. The molecule has 5 rings (SSSR count). The minimum Gasteiger partial charge on any atom is -0.486 e. The summed E-state index contributed by atoms with van der Waals surface area (Å²) in [6, 6.07) is 10.8. The Labute approximate surface area is 186 Å². The Hall–Kier alpha value is -3.48. The van der Waals surface area contributed by atoms with Gasteiger partial charge in [-0.1, -0.05) is 0 Å². The summed E-state index contributed by atoms with van der Waals surface area (Å²) in [6.45, 7) is 5.96. The number of benzene rings is 2. The van der Waals surface area contributed by atoms with Gasteiger partial charge in [0.15, 0.2) is 17.3 Å². The summed E-state index contributed by atoms with van der Waals surface area (Å²) in [5.74, 6) is 1.27. The first kappa shape index (κ1) is 20.4. The zero-order chi connectivity index (χ0) is 22.2. The molecule has 2 aliphatic rings. The van der Waals surface area contributed by atoms with Gasteiger partial charge in [0.1, 0.15) is 13.2 Å². The predicted molar refractivity (Wildman–Crippen MR) is 119 cm³/mol. The van der Waals surface area contributed by atoms with E-state index in [1.54, 1.807) is 24.3 Å². The van der Waals surface area contributed by atoms with Crippen molar-refractivity contribution in [3.63, 3.8) is 0 Å². The monoisotopic (exact) mass is 431 g/mol. The van der Waals surface area contributed by atoms with Gasteiger partial charge >= 0.3 is 0 Å². The molecule has 7 heteroatoms. The van der Waals surface area contributed by atoms with Crippen molar-refractivity contribution in [2.24, 2.45) is 5.92 Å². The quantitative estimate of drug-likeness (QED) is 0.588. The Morgan fingerprint density at radius 2 is 1.50 bits per heavy atom. The molecule has 1 fully saturated rings. The van der Waals surface area contributed by atoms with Crippen LogP contribution in [0.4, 0.5) is 0 Å². The van der Waals surface area contributed by atoms with Crippen molar-refractivity contribution in [2.75, 3.05) is 26.3 Å². The number of nitrogens with zero attached hydrogens (tertiary/aromatic N) is 3. The van der Waals surface area contributed by atoms with Gasteiger partial charge in [0.25, 0.3) is 5.91 Å². The number of amides is 1. The normalized spacial score (nSPS) is 16.2. The second-order valence-corrected chi connectivity index (χ2v) is 8.39. The number of fused-ring (bicyclic) bond motifs is 2. The molecule has 0 saturated carbocycles. The van der Waals surface area contributed by atoms with Crippen molar-refractivity contribution >= 4 is 22.7 Å². The van der Waals surface area contributed by atoms with E-state index in [1.807, 2.05) is 30.9 Å². The van der Waals surface area contributed by atoms with Crippen molar-refractivity contribution < 1.29 is 19.1 Å². The van der Waals surface area contributed by atoms with Crippen LogP contribution in [0.1, 0.15) is 44.9 Å². The lowest BCUT2D eigenvalue weighted by atomic mass is 9.88. The number of carbonyl (C=O) groups is 2. The topological polar surface area (TPSA) is 81.6 Å². The predicted octanol–water partition coefficient (Wildman–Crippen LogP) is 3.75. The number of likely N-dealkylation sites (tertiary alicyclic amines) is 1. The zero-order valence-electron chi connectivity index (χ0n) is 18.3. The number of aryl methyl sites for hydroxylation is 2. The number of ether oxygens (including phenoxy) is 2. The van der Waals surface area contributed by atoms with E-state index in [9.17, 15) is 9.59 Å². The highest BCUT2D eigenvalue weighted by Crippen LogP contribution is 2.32. The third-order valence-electron chi connectivity index (χ3n) is 6.30. The standard InChI is InChI=1S/C25H25N3O4/c1-15-16(2)27-21-13-19(3-5-20(21)26-15)25(30)28-9-7-17(8-10-28)24(29)18-4-6-22-23(14-18)32-12-11-31-22/h3-6,13-14,17H,7-12H2,1-2H3. The van der Waals surface area contributed by atoms with Crippen LogP contribution < -0.4 is 9.47 Å². The average Bonchev–Trinajstić information content (AvgIpc) is 2.83. The number of rotatable bonds is 3. The summed E-state index contributed by atoms with van der Waals surface area (Å²) in [5, 5.41) is 0. The lowest BCUT2D eigenvalue weighted by Crippen LogP contribution is -2.40. The average molecular weight is 431 g/mol. The van der Waals surface area contributed by atoms with E-state index in [0.717, 1.165) is 22.4 Å². The Morgan fingerprint density at radius 3 is 2.25 bits per heavy atom. The maximum atomic E-state index is 13.1. The summed E-state index contributed by atoms with van der Waals surface area (Å²) in [7, 11) is 0. The number of hydrogen-bond acceptors (Lipinski definition) is 6. The van der Waals surface area contributed by atoms with E-state index >= 15 is 0 Å². The summed E-state index contributed by atoms with van der Waals surface area (Å²) in [5.41, 5.74) is 4.50. The number of piperidine rings is 1. The lowest BCUT2D eigenvalue weighted by Gasteiger charge is -2.31. The smallest absolute Gasteiger partial charge is 0.253 e. The third-order valence-corrected chi connectivity index (χ3v) is 6.30. The van der Waals surface area contributed by atoms with Gasteiger partial charge in [-0.05, 0) is 63.1 Å². The van der Waals surface area contributed by atoms with Crippen molar-refractivity contribution in [2.45, 2.75) is 26.7 Å². The van der Waals surface area contributed by atoms with Crippen LogP contribution >= 0.6 is 0 Å². The molecule has 1 amide bonds. The number of ketones is 1. The van der Waals surface area contributed by atoms with Gasteiger partial charge in [-0.25, -0.2) is 9.97 Å². The van der Waals surface area contributed by atoms with E-state index in [-0.39, 0.29) is 17.6 Å². The molecule has 7 nitrogen and oxygen atoms in total. The molecular weight excluding hydrogens is 406 g/mol. The molecule has 0 unspecified atom stereocenters. The van der Waals surface area contributed by atoms with E-state index in [4.69, 9.17) is 9.47 Å². The van der Waals surface area contributed by atoms with Gasteiger partial charge in [0.2, 0.25) is 0 Å². The summed E-state index contributed by atoms with van der Waals surface area (Å²) in [6.07, 6.45) is 1.29. The first-order chi connectivity index (χ1) is 15.5. The van der Waals surface area contributed by atoms with Crippen molar-refractivity contribution in [1.82, 2.24) is 14.9 Å². The molecule has 3 heterocycles. The van der Waals surface area contributed by atoms with Crippen LogP contribution in [0.25, 0.3) is 11.0 Å². The molecule has 1 aromatic heterocycles. The van der Waals surface area contributed by atoms with Crippen LogP contribution in [0.2, 0.25) is 0 Å². The molecule has 0 spiro atoms. The Morgan fingerprint density at radius 1 is 0.844 bits per heavy atom. The number of aromatic nitrogens is 2. The maximum Gasteiger partial charge on any atom is 0.253 e. The van der Waals surface area contributed by atoms with Crippen molar-refractivity contribution in [3.05, 3.63) is 58.9 Å². The summed E-state index contributed by atoms with van der Waals surface area (Å²) >= 11 is 0. The fourth-order valence-electron chi connectivity index (χ4n) is 4.32. The lowest BCUT2D eigenvalue weighted by molar-refractivity contribution is 0.0650. The fourth-order valence-corrected chi connectivity index (χ4v) is 4.32. The van der Waals surface area contributed by atoms with Gasteiger partial charge < -0.3 is 14.4 Å². The third kappa shape index (κ3) is 3.79. The molecule has 0 bridgehead atoms. The highest BCUT2D eigenvalue weighted by atomic mass is 16.6. The van der Waals surface area contributed by atoms with Gasteiger partial charge in [0, 0.05) is 30.1 Å². The van der Waals surface area contributed by atoms with Gasteiger partial charge in [-0.2, -0.15) is 0 Å². The molecule has 0 N–H and O–H groups in total. The SMILES string of the molecule is Cc1nc2ccc(C(=O)N3CCC(C(=O)c4ccc5c(c4)OCCO5)CC3)cc2nc1C. The van der Waals surface area contributed by atoms with Gasteiger partial charge in [-0.15, -0.1) is 0 Å². The van der Waals surface area contributed by atoms with E-state index < -0.39 is 0 Å². The highest BCUT2D eigenvalue weighted by molar-refractivity contribution is 5.99. The van der Waals surface area contributed by atoms with E-state index in [0.29, 0.717) is 61.8 Å². The zero-order valence-corrected chi connectivity index (χ0v) is 18.3. The molecule has 0 radical (unpaired) electrons. The molecule has 0 atom stereocenters. The number of carbonyl (C=O) groups excluding carboxylic acids is 2. The first-order valence-corrected chi connectivity index (χ1v) is 11.0. The van der Waals surface area contributed by atoms with Crippen LogP contribution in [0.5, 0.6) is 11.5 Å². The molecule has 164 valence electrons. The molecular formula is C25H25N3O4. The van der Waals surface area contributed by atoms with E-state index in [2.05, 4.69) is 9.97 Å². The minimum atomic E-state index is -0.102. The highest BCUT2D eigenvalue weighted by Gasteiger charge is 2.29. The Balaban J connectivity index is 1.26. The molecule has 32 heavy (non-hydrogen) atoms. The van der Waals surface area contributed by atoms with Crippen LogP contribution in [0.3, 0.4) is 0 Å². The van der Waals surface area contributed by atoms with Crippen LogP contribution in [-0.4, -0.2) is 52.9 Å². The maximum absolute atomic E-state index is 13.1. The van der Waals surface area contributed by atoms with Gasteiger partial charge in [0.05, 0.1) is 22.4 Å². The number of hydrogen-bond donors (Lipinski definition) is 0. The molecule has 2 aromatic carbocycles. The molecule has 0 aliphatic carbocycles. The van der Waals surface area contributed by atoms with Crippen molar-refractivity contribution in [1.29, 1.82) is 0 Å². The molecule has 2 aliphatic heterocycles. The fraction of sp³-hybridized carbons (Fsp3) is 0.360. The van der Waals surface area contributed by atoms with Crippen LogP contribution in [0.15, 0.2) is 36.4 Å². The summed E-state index contributed by atoms with van der Waals surface area (Å²) < 4.78 is 11.1. The molecule has 3 aromatic rings. The summed E-state index contributed by atoms with van der Waals surface area (Å²) in [4.78, 5) is 37.0. The number of Topliss-reactive ketones (excluding diaryl/α,β-unsaturated/α-hetero) is 1. The van der Waals surface area contributed by atoms with Gasteiger partial charge in [-0.3, -0.25) is 9.59 Å². The second kappa shape index (κ2) is 8.22. The minimum absolute atomic E-state index is 0.0304. The van der Waals surface area contributed by atoms with E-state index in [1.165, 1.54) is 0 Å². The van der Waals surface area contributed by atoms with Crippen LogP contribution in [0, 0.1) is 19.8 Å². The van der Waals surface area contributed by atoms with Crippen molar-refractivity contribution in [3.8, 4) is 11.5 Å². The largest absolute Gasteiger partial charge is 0.486 e. The first-order valence-electron chi connectivity index (χ1n) is 11.0. The molecule has 1 saturated heterocycles. The van der Waals surface area contributed by atoms with Crippen LogP contribution in [-0.2, 0) is 0 Å². The second-order valence-electron chi connectivity index (χ2n) is 8.39.